The van der Waals surface area contributed by atoms with Crippen LogP contribution in [0.15, 0.2) is 78.9 Å². The zero-order chi connectivity index (χ0) is 22.7. The summed E-state index contributed by atoms with van der Waals surface area (Å²) in [5, 5.41) is 3.03. The predicted octanol–water partition coefficient (Wildman–Crippen LogP) is 3.91. The third-order valence-corrected chi connectivity index (χ3v) is 5.50. The molecule has 0 saturated carbocycles. The van der Waals surface area contributed by atoms with Gasteiger partial charge in [-0.05, 0) is 29.3 Å². The molecule has 4 rings (SSSR count). The lowest BCUT2D eigenvalue weighted by molar-refractivity contribution is 0.0383. The van der Waals surface area contributed by atoms with Crippen LogP contribution in [0.25, 0.3) is 0 Å². The molecule has 3 aromatic carbocycles. The fourth-order valence-corrected chi connectivity index (χ4v) is 3.63. The van der Waals surface area contributed by atoms with Crippen molar-refractivity contribution in [1.29, 1.82) is 0 Å². The van der Waals surface area contributed by atoms with Crippen LogP contribution in [0.4, 0.5) is 0 Å². The molecule has 1 aliphatic rings. The van der Waals surface area contributed by atoms with Gasteiger partial charge in [-0.15, -0.1) is 0 Å². The number of ether oxygens (including phenoxy) is 3. The Labute approximate surface area is 195 Å². The molecule has 0 aromatic heterocycles. The molecule has 1 fully saturated rings. The van der Waals surface area contributed by atoms with Gasteiger partial charge < -0.3 is 19.5 Å². The molecule has 1 heterocycles. The lowest BCUT2D eigenvalue weighted by atomic mass is 10.1. The molecule has 1 saturated heterocycles. The molecule has 0 unspecified atom stereocenters. The molecule has 0 radical (unpaired) electrons. The van der Waals surface area contributed by atoms with Crippen LogP contribution in [0.5, 0.6) is 11.5 Å². The van der Waals surface area contributed by atoms with Crippen molar-refractivity contribution < 1.29 is 19.0 Å². The average Bonchev–Trinajstić information content (AvgIpc) is 2.88. The largest absolute Gasteiger partial charge is 0.489 e. The van der Waals surface area contributed by atoms with Crippen molar-refractivity contribution >= 4 is 5.91 Å². The number of nitrogens with one attached hydrogen (secondary N) is 1. The van der Waals surface area contributed by atoms with Gasteiger partial charge in [-0.25, -0.2) is 0 Å². The lowest BCUT2D eigenvalue weighted by Gasteiger charge is -2.26. The van der Waals surface area contributed by atoms with Crippen LogP contribution in [0, 0.1) is 0 Å². The smallest absolute Gasteiger partial charge is 0.255 e. The molecule has 6 nitrogen and oxygen atoms in total. The molecule has 3 aromatic rings. The van der Waals surface area contributed by atoms with E-state index >= 15 is 0 Å². The number of carbonyl (C=O) groups is 1. The normalized spacial score (nSPS) is 13.9. The SMILES string of the molecule is O=C(NCCN1CCOCC1)c1cc(OCc2ccccc2)ccc1OCc1ccccc1. The van der Waals surface area contributed by atoms with E-state index in [-0.39, 0.29) is 5.91 Å². The molecular formula is C27H30N2O4. The van der Waals surface area contributed by atoms with Crippen LogP contribution >= 0.6 is 0 Å². The van der Waals surface area contributed by atoms with Gasteiger partial charge in [0.25, 0.3) is 5.91 Å². The van der Waals surface area contributed by atoms with E-state index in [0.29, 0.717) is 36.8 Å². The number of nitrogens with zero attached hydrogens (tertiary/aromatic N) is 1. The van der Waals surface area contributed by atoms with Crippen LogP contribution in [-0.2, 0) is 18.0 Å². The summed E-state index contributed by atoms with van der Waals surface area (Å²) in [6, 6.07) is 25.3. The van der Waals surface area contributed by atoms with E-state index in [9.17, 15) is 4.79 Å². The van der Waals surface area contributed by atoms with Crippen molar-refractivity contribution in [2.45, 2.75) is 13.2 Å². The zero-order valence-electron chi connectivity index (χ0n) is 18.7. The van der Waals surface area contributed by atoms with Gasteiger partial charge in [0.1, 0.15) is 24.7 Å². The highest BCUT2D eigenvalue weighted by molar-refractivity contribution is 5.97. The highest BCUT2D eigenvalue weighted by Crippen LogP contribution is 2.26. The third-order valence-electron chi connectivity index (χ3n) is 5.50. The Morgan fingerprint density at radius 2 is 1.48 bits per heavy atom. The quantitative estimate of drug-likeness (QED) is 0.512. The lowest BCUT2D eigenvalue weighted by Crippen LogP contribution is -2.41. The molecule has 1 aliphatic heterocycles. The van der Waals surface area contributed by atoms with Crippen LogP contribution in [0.2, 0.25) is 0 Å². The maximum atomic E-state index is 13.1. The van der Waals surface area contributed by atoms with Crippen LogP contribution in [-0.4, -0.2) is 50.2 Å². The molecule has 1 N–H and O–H groups in total. The first kappa shape index (κ1) is 22.8. The van der Waals surface area contributed by atoms with E-state index in [1.807, 2.05) is 66.7 Å². The first-order chi connectivity index (χ1) is 16.3. The van der Waals surface area contributed by atoms with E-state index in [0.717, 1.165) is 44.0 Å². The number of benzene rings is 3. The monoisotopic (exact) mass is 446 g/mol. The summed E-state index contributed by atoms with van der Waals surface area (Å²) < 4.78 is 17.3. The summed E-state index contributed by atoms with van der Waals surface area (Å²) in [5.74, 6) is 0.996. The first-order valence-corrected chi connectivity index (χ1v) is 11.3. The van der Waals surface area contributed by atoms with Crippen LogP contribution < -0.4 is 14.8 Å². The molecule has 6 heteroatoms. The highest BCUT2D eigenvalue weighted by atomic mass is 16.5. The summed E-state index contributed by atoms with van der Waals surface area (Å²) in [4.78, 5) is 15.3. The van der Waals surface area contributed by atoms with Gasteiger partial charge >= 0.3 is 0 Å². The Hall–Kier alpha value is -3.35. The molecule has 0 spiro atoms. The Kier molecular flexibility index (Phi) is 8.33. The maximum Gasteiger partial charge on any atom is 0.255 e. The summed E-state index contributed by atoms with van der Waals surface area (Å²) in [7, 11) is 0. The minimum atomic E-state index is -0.170. The molecular weight excluding hydrogens is 416 g/mol. The Morgan fingerprint density at radius 1 is 0.848 bits per heavy atom. The standard InChI is InChI=1S/C27H30N2O4/c30-27(28-13-14-29-15-17-31-18-16-29)25-19-24(32-20-22-7-3-1-4-8-22)11-12-26(25)33-21-23-9-5-2-6-10-23/h1-12,19H,13-18,20-21H2,(H,28,30). The number of hydrogen-bond acceptors (Lipinski definition) is 5. The number of morpholine rings is 1. The Bertz CT molecular complexity index is 1010. The van der Waals surface area contributed by atoms with Gasteiger partial charge in [0, 0.05) is 26.2 Å². The van der Waals surface area contributed by atoms with Gasteiger partial charge in [-0.3, -0.25) is 9.69 Å². The fraction of sp³-hybridized carbons (Fsp3) is 0.296. The number of hydrogen-bond donors (Lipinski definition) is 1. The van der Waals surface area contributed by atoms with Crippen LogP contribution in [0.1, 0.15) is 21.5 Å². The number of carbonyl (C=O) groups excluding carboxylic acids is 1. The van der Waals surface area contributed by atoms with Gasteiger partial charge in [0.2, 0.25) is 0 Å². The Morgan fingerprint density at radius 3 is 2.15 bits per heavy atom. The molecule has 172 valence electrons. The van der Waals surface area contributed by atoms with E-state index in [4.69, 9.17) is 14.2 Å². The Balaban J connectivity index is 1.42. The first-order valence-electron chi connectivity index (χ1n) is 11.3. The number of amides is 1. The van der Waals surface area contributed by atoms with E-state index in [2.05, 4.69) is 10.2 Å². The van der Waals surface area contributed by atoms with Crippen molar-refractivity contribution in [3.05, 3.63) is 95.6 Å². The van der Waals surface area contributed by atoms with Crippen molar-refractivity contribution in [2.24, 2.45) is 0 Å². The zero-order valence-corrected chi connectivity index (χ0v) is 18.7. The van der Waals surface area contributed by atoms with Gasteiger partial charge in [0.15, 0.2) is 0 Å². The molecule has 33 heavy (non-hydrogen) atoms. The second-order valence-electron chi connectivity index (χ2n) is 7.92. The summed E-state index contributed by atoms with van der Waals surface area (Å²) >= 11 is 0. The minimum Gasteiger partial charge on any atom is -0.489 e. The van der Waals surface area contributed by atoms with E-state index in [1.54, 1.807) is 12.1 Å². The minimum absolute atomic E-state index is 0.170. The molecule has 0 bridgehead atoms. The second-order valence-corrected chi connectivity index (χ2v) is 7.92. The predicted molar refractivity (Wildman–Crippen MR) is 128 cm³/mol. The molecule has 1 amide bonds. The van der Waals surface area contributed by atoms with Gasteiger partial charge in [-0.1, -0.05) is 60.7 Å². The van der Waals surface area contributed by atoms with Crippen LogP contribution in [0.3, 0.4) is 0 Å². The van der Waals surface area contributed by atoms with E-state index < -0.39 is 0 Å². The molecule has 0 aliphatic carbocycles. The second kappa shape index (κ2) is 12.0. The maximum absolute atomic E-state index is 13.1. The van der Waals surface area contributed by atoms with Gasteiger partial charge in [-0.2, -0.15) is 0 Å². The summed E-state index contributed by atoms with van der Waals surface area (Å²) in [5.41, 5.74) is 2.58. The molecule has 0 atom stereocenters. The van der Waals surface area contributed by atoms with Gasteiger partial charge in [0.05, 0.1) is 18.8 Å². The van der Waals surface area contributed by atoms with Crippen molar-refractivity contribution in [1.82, 2.24) is 10.2 Å². The average molecular weight is 447 g/mol. The topological polar surface area (TPSA) is 60.0 Å². The third kappa shape index (κ3) is 7.07. The van der Waals surface area contributed by atoms with E-state index in [1.165, 1.54) is 0 Å². The number of rotatable bonds is 10. The van der Waals surface area contributed by atoms with Crippen molar-refractivity contribution in [2.75, 3.05) is 39.4 Å². The van der Waals surface area contributed by atoms with Crippen molar-refractivity contribution in [3.8, 4) is 11.5 Å². The highest BCUT2D eigenvalue weighted by Gasteiger charge is 2.16. The fourth-order valence-electron chi connectivity index (χ4n) is 3.63. The summed E-state index contributed by atoms with van der Waals surface area (Å²) in [6.07, 6.45) is 0. The summed E-state index contributed by atoms with van der Waals surface area (Å²) in [6.45, 7) is 5.44. The van der Waals surface area contributed by atoms with Crippen molar-refractivity contribution in [3.63, 3.8) is 0 Å².